The molecule has 2 aliphatic rings. The van der Waals surface area contributed by atoms with Crippen molar-refractivity contribution in [3.05, 3.63) is 101 Å². The van der Waals surface area contributed by atoms with Crippen molar-refractivity contribution in [2.75, 3.05) is 0 Å². The molecule has 4 aromatic rings. The molecule has 40 heavy (non-hydrogen) atoms. The van der Waals surface area contributed by atoms with E-state index in [-0.39, 0.29) is 36.4 Å². The molecular weight excluding hydrogens is 581 g/mol. The first-order chi connectivity index (χ1) is 19.3. The second kappa shape index (κ2) is 10.5. The zero-order valence-corrected chi connectivity index (χ0v) is 24.0. The van der Waals surface area contributed by atoms with Crippen LogP contribution in [0.4, 0.5) is 0 Å². The summed E-state index contributed by atoms with van der Waals surface area (Å²) in [5.41, 5.74) is 4.43. The summed E-state index contributed by atoms with van der Waals surface area (Å²) in [6.45, 7) is 0.488. The van der Waals surface area contributed by atoms with Gasteiger partial charge in [-0.25, -0.2) is 0 Å². The second-order valence-electron chi connectivity index (χ2n) is 9.10. The summed E-state index contributed by atoms with van der Waals surface area (Å²) in [5.74, 6) is -0.395. The van der Waals surface area contributed by atoms with Crippen LogP contribution in [0.25, 0.3) is 35.5 Å². The Morgan fingerprint density at radius 3 is 1.48 bits per heavy atom. The van der Waals surface area contributed by atoms with Crippen molar-refractivity contribution in [1.82, 2.24) is 9.13 Å². The van der Waals surface area contributed by atoms with Crippen LogP contribution >= 0.6 is 47.1 Å². The molecule has 2 aromatic carbocycles. The molecule has 10 heteroatoms. The molecular formula is C30H20N2O4S4. The summed E-state index contributed by atoms with van der Waals surface area (Å²) in [5, 5.41) is 22.0. The first-order valence-corrected chi connectivity index (χ1v) is 14.7. The number of aromatic nitrogens is 2. The molecule has 198 valence electrons. The molecule has 0 fully saturated rings. The van der Waals surface area contributed by atoms with E-state index in [0.29, 0.717) is 28.8 Å². The molecule has 2 aromatic heterocycles. The van der Waals surface area contributed by atoms with Crippen molar-refractivity contribution in [3.63, 3.8) is 0 Å². The number of allylic oxidation sites excluding steroid dienone is 4. The first-order valence-electron chi connectivity index (χ1n) is 12.2. The molecule has 6 nitrogen and oxygen atoms in total. The molecule has 0 saturated heterocycles. The quantitative estimate of drug-likeness (QED) is 0.185. The average Bonchev–Trinajstić information content (AvgIpc) is 3.38. The van der Waals surface area contributed by atoms with Crippen LogP contribution in [0.5, 0.6) is 11.8 Å². The summed E-state index contributed by atoms with van der Waals surface area (Å²) in [6.07, 6.45) is 9.94. The highest BCUT2D eigenvalue weighted by Crippen LogP contribution is 2.36. The van der Waals surface area contributed by atoms with E-state index in [9.17, 15) is 19.8 Å². The van der Waals surface area contributed by atoms with E-state index < -0.39 is 0 Å². The van der Waals surface area contributed by atoms with Crippen LogP contribution in [0.3, 0.4) is 0 Å². The van der Waals surface area contributed by atoms with Crippen LogP contribution in [-0.2, 0) is 22.7 Å². The Balaban J connectivity index is 1.29. The largest absolute Gasteiger partial charge is 0.493 e. The van der Waals surface area contributed by atoms with Crippen molar-refractivity contribution >= 4 is 94.1 Å². The van der Waals surface area contributed by atoms with E-state index in [4.69, 9.17) is 24.4 Å². The molecule has 0 aliphatic heterocycles. The van der Waals surface area contributed by atoms with Crippen molar-refractivity contribution in [2.24, 2.45) is 0 Å². The van der Waals surface area contributed by atoms with E-state index in [1.165, 1.54) is 34.8 Å². The molecule has 0 spiro atoms. The molecule has 2 heterocycles. The molecule has 0 radical (unpaired) electrons. The van der Waals surface area contributed by atoms with Crippen LogP contribution in [0.15, 0.2) is 60.7 Å². The van der Waals surface area contributed by atoms with Crippen LogP contribution < -0.4 is 0 Å². The maximum Gasteiger partial charge on any atom is 0.210 e. The van der Waals surface area contributed by atoms with Gasteiger partial charge in [0.25, 0.3) is 0 Å². The Bertz CT molecular complexity index is 1820. The number of hydrogen-bond donors (Lipinski definition) is 2. The van der Waals surface area contributed by atoms with Gasteiger partial charge in [0.05, 0.1) is 9.75 Å². The zero-order valence-electron chi connectivity index (χ0n) is 20.7. The van der Waals surface area contributed by atoms with Gasteiger partial charge in [0.2, 0.25) is 11.8 Å². The Morgan fingerprint density at radius 1 is 0.650 bits per heavy atom. The predicted molar refractivity (Wildman–Crippen MR) is 166 cm³/mol. The van der Waals surface area contributed by atoms with Crippen LogP contribution in [-0.4, -0.2) is 30.9 Å². The van der Waals surface area contributed by atoms with Gasteiger partial charge in [-0.3, -0.25) is 18.7 Å². The topological polar surface area (TPSA) is 84.5 Å². The summed E-state index contributed by atoms with van der Waals surface area (Å²) < 4.78 is 3.97. The molecule has 0 saturated carbocycles. The van der Waals surface area contributed by atoms with Gasteiger partial charge in [-0.05, 0) is 71.0 Å². The van der Waals surface area contributed by atoms with Crippen LogP contribution in [0.1, 0.15) is 32.0 Å². The minimum Gasteiger partial charge on any atom is -0.493 e. The number of thiazole rings is 2. The third-order valence-corrected chi connectivity index (χ3v) is 9.52. The fourth-order valence-corrected chi connectivity index (χ4v) is 7.32. The fraction of sp³-hybridized carbons (Fsp3) is 0.0667. The number of nitrogens with zero attached hydrogens (tertiary/aromatic N) is 2. The molecule has 0 amide bonds. The highest BCUT2D eigenvalue weighted by molar-refractivity contribution is 7.73. The maximum atomic E-state index is 12.6. The fourth-order valence-electron chi connectivity index (χ4n) is 4.72. The number of carbonyl (C=O) groups is 2. The summed E-state index contributed by atoms with van der Waals surface area (Å²) in [4.78, 5) is 26.2. The Kier molecular flexibility index (Phi) is 6.93. The number of carbonyl (C=O) groups excluding carboxylic acids is 2. The minimum absolute atomic E-state index is 0.0536. The third-order valence-electron chi connectivity index (χ3n) is 6.75. The Morgan fingerprint density at radius 2 is 1.05 bits per heavy atom. The first kappa shape index (κ1) is 26.3. The summed E-state index contributed by atoms with van der Waals surface area (Å²) in [7, 11) is 0. The SMILES string of the molecule is O=C1C=Cc2ccccc2/C1=C/c1sc(=S)n(CCn2c(O)c(/C=C3\C(=O)C=Cc4ccccc43)sc2=S)c1O. The lowest BCUT2D eigenvalue weighted by molar-refractivity contribution is -0.110. The minimum atomic E-state index is -0.144. The average molecular weight is 601 g/mol. The highest BCUT2D eigenvalue weighted by atomic mass is 32.2. The standard InChI is InChI=1S/C30H20N2O4S4/c33-23-11-9-17-5-1-3-7-19(17)21(23)15-25-27(35)31(29(37)39-25)13-14-32-28(36)26(40-30(32)38)16-22-20-8-4-2-6-18(20)10-12-24(22)34/h1-12,15-16,35-36H,13-14H2/b21-15-,22-16-. The van der Waals surface area contributed by atoms with E-state index in [1.54, 1.807) is 33.4 Å². The number of rotatable bonds is 5. The molecule has 0 unspecified atom stereocenters. The van der Waals surface area contributed by atoms with Gasteiger partial charge in [-0.1, -0.05) is 60.7 Å². The number of fused-ring (bicyclic) bond motifs is 2. The smallest absolute Gasteiger partial charge is 0.210 e. The normalized spacial score (nSPS) is 16.1. The van der Waals surface area contributed by atoms with Crippen molar-refractivity contribution in [1.29, 1.82) is 0 Å². The number of benzene rings is 2. The molecule has 2 N–H and O–H groups in total. The monoisotopic (exact) mass is 600 g/mol. The van der Waals surface area contributed by atoms with Crippen molar-refractivity contribution in [2.45, 2.75) is 13.1 Å². The Hall–Kier alpha value is -3.96. The summed E-state index contributed by atoms with van der Waals surface area (Å²) in [6, 6.07) is 15.2. The number of aromatic hydroxyl groups is 2. The van der Waals surface area contributed by atoms with Crippen molar-refractivity contribution < 1.29 is 19.8 Å². The molecule has 0 atom stereocenters. The van der Waals surface area contributed by atoms with E-state index in [0.717, 1.165) is 22.3 Å². The van der Waals surface area contributed by atoms with E-state index in [2.05, 4.69) is 0 Å². The van der Waals surface area contributed by atoms with Gasteiger partial charge in [0.1, 0.15) is 0 Å². The maximum absolute atomic E-state index is 12.6. The van der Waals surface area contributed by atoms with Gasteiger partial charge in [0.15, 0.2) is 19.5 Å². The lowest BCUT2D eigenvalue weighted by Gasteiger charge is -2.13. The van der Waals surface area contributed by atoms with E-state index in [1.807, 2.05) is 48.5 Å². The van der Waals surface area contributed by atoms with E-state index >= 15 is 0 Å². The lowest BCUT2D eigenvalue weighted by Crippen LogP contribution is -2.07. The van der Waals surface area contributed by atoms with Crippen LogP contribution in [0.2, 0.25) is 0 Å². The highest BCUT2D eigenvalue weighted by Gasteiger charge is 2.21. The van der Waals surface area contributed by atoms with Crippen molar-refractivity contribution in [3.8, 4) is 11.8 Å². The van der Waals surface area contributed by atoms with Gasteiger partial charge in [0, 0.05) is 24.2 Å². The molecule has 2 aliphatic carbocycles. The van der Waals surface area contributed by atoms with Gasteiger partial charge in [-0.15, -0.1) is 22.7 Å². The predicted octanol–water partition coefficient (Wildman–Crippen LogP) is 7.26. The molecule has 0 bridgehead atoms. The third kappa shape index (κ3) is 4.69. The van der Waals surface area contributed by atoms with Gasteiger partial charge in [-0.2, -0.15) is 0 Å². The lowest BCUT2D eigenvalue weighted by atomic mass is 9.91. The Labute approximate surface area is 247 Å². The van der Waals surface area contributed by atoms with Gasteiger partial charge >= 0.3 is 0 Å². The van der Waals surface area contributed by atoms with Crippen LogP contribution in [0, 0.1) is 7.91 Å². The number of ketones is 2. The van der Waals surface area contributed by atoms with Gasteiger partial charge < -0.3 is 10.2 Å². The second-order valence-corrected chi connectivity index (χ2v) is 12.5. The summed E-state index contributed by atoms with van der Waals surface area (Å²) >= 11 is 13.5. The number of hydrogen-bond acceptors (Lipinski definition) is 8. The molecule has 6 rings (SSSR count). The zero-order chi connectivity index (χ0) is 28.0.